The van der Waals surface area contributed by atoms with E-state index in [0.717, 1.165) is 18.2 Å². The van der Waals surface area contributed by atoms with Gasteiger partial charge in [-0.05, 0) is 12.1 Å². The number of rotatable bonds is 3. The molecule has 1 aliphatic heterocycles. The van der Waals surface area contributed by atoms with Crippen LogP contribution < -0.4 is 9.78 Å². The number of phenolic OH excluding ortho intramolecular Hbond substituents is 3. The number of carboxylic acid groups (broad SMARTS) is 1. The molecule has 2 aromatic carbocycles. The van der Waals surface area contributed by atoms with Crippen LogP contribution in [0.3, 0.4) is 0 Å². The number of hydrogen-bond acceptors (Lipinski definition) is 8. The number of hydrogen-bond donors (Lipinski definition) is 5. The van der Waals surface area contributed by atoms with Gasteiger partial charge in [0, 0.05) is 6.07 Å². The largest absolute Gasteiger partial charge is 0.507 e. The Labute approximate surface area is 127 Å². The number of phenols is 4. The molecular weight excluding hydrogens is 312 g/mol. The predicted octanol–water partition coefficient (Wildman–Crippen LogP) is 1.12. The lowest BCUT2D eigenvalue weighted by Crippen LogP contribution is -2.06. The summed E-state index contributed by atoms with van der Waals surface area (Å²) in [6.07, 6.45) is 0. The summed E-state index contributed by atoms with van der Waals surface area (Å²) >= 11 is 0. The highest BCUT2D eigenvalue weighted by molar-refractivity contribution is 6.16. The quantitative estimate of drug-likeness (QED) is 0.413. The van der Waals surface area contributed by atoms with Crippen LogP contribution in [0.25, 0.3) is 0 Å². The molecule has 1 aliphatic rings. The second-order valence-corrected chi connectivity index (χ2v) is 4.61. The molecule has 0 fully saturated rings. The molecule has 3 rings (SSSR count). The Balaban J connectivity index is 2.20. The summed E-state index contributed by atoms with van der Waals surface area (Å²) in [6, 6.07) is 2.76. The molecule has 0 spiro atoms. The summed E-state index contributed by atoms with van der Waals surface area (Å²) in [4.78, 5) is 32.5. The van der Waals surface area contributed by atoms with Crippen molar-refractivity contribution in [3.8, 4) is 34.5 Å². The van der Waals surface area contributed by atoms with Crippen molar-refractivity contribution in [1.29, 1.82) is 0 Å². The average molecular weight is 320 g/mol. The lowest BCUT2D eigenvalue weighted by atomic mass is 9.97. The summed E-state index contributed by atoms with van der Waals surface area (Å²) in [7, 11) is 0. The second kappa shape index (κ2) is 4.70. The van der Waals surface area contributed by atoms with E-state index in [0.29, 0.717) is 0 Å². The number of ketones is 1. The minimum Gasteiger partial charge on any atom is -0.507 e. The third kappa shape index (κ3) is 1.94. The van der Waals surface area contributed by atoms with Crippen molar-refractivity contribution in [2.24, 2.45) is 0 Å². The van der Waals surface area contributed by atoms with Crippen LogP contribution in [0.15, 0.2) is 18.2 Å². The summed E-state index contributed by atoms with van der Waals surface area (Å²) in [5.74, 6) is -6.30. The first-order valence-electron chi connectivity index (χ1n) is 6.09. The first kappa shape index (κ1) is 14.3. The van der Waals surface area contributed by atoms with E-state index < -0.39 is 57.2 Å². The van der Waals surface area contributed by atoms with E-state index in [1.807, 2.05) is 0 Å². The van der Waals surface area contributed by atoms with Gasteiger partial charge in [0.05, 0.1) is 5.56 Å². The van der Waals surface area contributed by atoms with Crippen molar-refractivity contribution in [1.82, 2.24) is 0 Å². The van der Waals surface area contributed by atoms with Gasteiger partial charge in [-0.3, -0.25) is 14.6 Å². The topological polar surface area (TPSA) is 154 Å². The van der Waals surface area contributed by atoms with E-state index in [9.17, 15) is 30.0 Å². The van der Waals surface area contributed by atoms with Crippen LogP contribution in [0, 0.1) is 0 Å². The molecule has 23 heavy (non-hydrogen) atoms. The molecule has 0 amide bonds. The van der Waals surface area contributed by atoms with Gasteiger partial charge in [0.1, 0.15) is 22.6 Å². The zero-order chi connectivity index (χ0) is 16.9. The average Bonchev–Trinajstić information content (AvgIpc) is 2.73. The standard InChI is InChI=1S/C14H8O9/c15-6-2-1-4(14(20)21)9(16)8(6)10(17)5-3-7-12(19)13(11(5)18)23-22-7/h1-3,15-16,18-19H,(H,20,21). The number of carbonyl (C=O) groups is 2. The predicted molar refractivity (Wildman–Crippen MR) is 71.2 cm³/mol. The fourth-order valence-electron chi connectivity index (χ4n) is 2.13. The maximum Gasteiger partial charge on any atom is 0.339 e. The summed E-state index contributed by atoms with van der Waals surface area (Å²) in [5.41, 5.74) is -1.78. The number of aromatic carboxylic acids is 1. The van der Waals surface area contributed by atoms with Crippen molar-refractivity contribution in [3.05, 3.63) is 34.9 Å². The number of benzene rings is 2. The lowest BCUT2D eigenvalue weighted by Gasteiger charge is -2.09. The minimum atomic E-state index is -1.51. The fourth-order valence-corrected chi connectivity index (χ4v) is 2.13. The zero-order valence-corrected chi connectivity index (χ0v) is 11.1. The highest BCUT2D eigenvalue weighted by atomic mass is 17.2. The third-order valence-corrected chi connectivity index (χ3v) is 3.27. The molecular formula is C14H8O9. The van der Waals surface area contributed by atoms with Crippen LogP contribution >= 0.6 is 0 Å². The van der Waals surface area contributed by atoms with Crippen molar-refractivity contribution in [3.63, 3.8) is 0 Å². The number of fused-ring (bicyclic) bond motifs is 2. The molecule has 9 heteroatoms. The van der Waals surface area contributed by atoms with Crippen LogP contribution in [-0.4, -0.2) is 37.3 Å². The third-order valence-electron chi connectivity index (χ3n) is 3.27. The van der Waals surface area contributed by atoms with Crippen LogP contribution in [0.5, 0.6) is 34.5 Å². The maximum absolute atomic E-state index is 12.5. The molecule has 2 aromatic rings. The Morgan fingerprint density at radius 1 is 0.870 bits per heavy atom. The van der Waals surface area contributed by atoms with Crippen molar-refractivity contribution in [2.75, 3.05) is 0 Å². The van der Waals surface area contributed by atoms with E-state index in [2.05, 4.69) is 9.78 Å². The summed E-state index contributed by atoms with van der Waals surface area (Å²) in [6.45, 7) is 0. The molecule has 0 aromatic heterocycles. The Bertz CT molecular complexity index is 869. The molecule has 5 N–H and O–H groups in total. The molecule has 2 bridgehead atoms. The smallest absolute Gasteiger partial charge is 0.339 e. The van der Waals surface area contributed by atoms with E-state index in [1.54, 1.807) is 0 Å². The van der Waals surface area contributed by atoms with Gasteiger partial charge in [0.2, 0.25) is 17.3 Å². The molecule has 9 nitrogen and oxygen atoms in total. The minimum absolute atomic E-state index is 0.255. The Hall–Kier alpha value is -3.62. The number of aromatic hydroxyl groups is 4. The van der Waals surface area contributed by atoms with E-state index in [-0.39, 0.29) is 5.75 Å². The van der Waals surface area contributed by atoms with Crippen LogP contribution in [0.2, 0.25) is 0 Å². The molecule has 118 valence electrons. The Morgan fingerprint density at radius 2 is 1.57 bits per heavy atom. The molecule has 0 saturated carbocycles. The molecule has 0 unspecified atom stereocenters. The normalized spacial score (nSPS) is 11.7. The monoisotopic (exact) mass is 320 g/mol. The Kier molecular flexibility index (Phi) is 2.93. The van der Waals surface area contributed by atoms with Gasteiger partial charge in [-0.15, -0.1) is 0 Å². The van der Waals surface area contributed by atoms with E-state index in [1.165, 1.54) is 0 Å². The van der Waals surface area contributed by atoms with Crippen LogP contribution in [-0.2, 0) is 0 Å². The van der Waals surface area contributed by atoms with Crippen LogP contribution in [0.1, 0.15) is 26.3 Å². The van der Waals surface area contributed by atoms with Crippen molar-refractivity contribution < 1.29 is 44.9 Å². The van der Waals surface area contributed by atoms with E-state index in [4.69, 9.17) is 5.11 Å². The molecule has 0 radical (unpaired) electrons. The zero-order valence-electron chi connectivity index (χ0n) is 11.1. The number of carbonyl (C=O) groups excluding carboxylic acids is 1. The molecule has 0 aliphatic carbocycles. The highest BCUT2D eigenvalue weighted by Gasteiger charge is 2.33. The molecule has 1 heterocycles. The second-order valence-electron chi connectivity index (χ2n) is 4.61. The SMILES string of the molecule is O=C(O)c1ccc(O)c(C(=O)c2cc3c(O)c(c2O)OO3)c1O. The molecule has 0 saturated heterocycles. The van der Waals surface area contributed by atoms with Gasteiger partial charge in [-0.1, -0.05) is 0 Å². The summed E-state index contributed by atoms with van der Waals surface area (Å²) in [5, 5.41) is 48.1. The summed E-state index contributed by atoms with van der Waals surface area (Å²) < 4.78 is 0. The van der Waals surface area contributed by atoms with Crippen molar-refractivity contribution >= 4 is 11.8 Å². The van der Waals surface area contributed by atoms with Gasteiger partial charge in [-0.2, -0.15) is 0 Å². The van der Waals surface area contributed by atoms with Crippen LogP contribution in [0.4, 0.5) is 0 Å². The van der Waals surface area contributed by atoms with Gasteiger partial charge in [0.15, 0.2) is 5.75 Å². The lowest BCUT2D eigenvalue weighted by molar-refractivity contribution is -0.0860. The maximum atomic E-state index is 12.5. The molecule has 0 atom stereocenters. The van der Waals surface area contributed by atoms with E-state index >= 15 is 0 Å². The first-order chi connectivity index (χ1) is 10.8. The number of carboxylic acids is 1. The van der Waals surface area contributed by atoms with Gasteiger partial charge in [-0.25, -0.2) is 4.79 Å². The first-order valence-corrected chi connectivity index (χ1v) is 6.09. The Morgan fingerprint density at radius 3 is 2.22 bits per heavy atom. The van der Waals surface area contributed by atoms with Crippen molar-refractivity contribution in [2.45, 2.75) is 0 Å². The van der Waals surface area contributed by atoms with Gasteiger partial charge >= 0.3 is 5.97 Å². The van der Waals surface area contributed by atoms with Gasteiger partial charge in [0.25, 0.3) is 5.75 Å². The van der Waals surface area contributed by atoms with Gasteiger partial charge < -0.3 is 25.5 Å². The fraction of sp³-hybridized carbons (Fsp3) is 0. The highest BCUT2D eigenvalue weighted by Crippen LogP contribution is 2.50.